The number of rotatable bonds is 2. The molecule has 0 aliphatic carbocycles. The Morgan fingerprint density at radius 3 is 1.83 bits per heavy atom. The van der Waals surface area contributed by atoms with Crippen LogP contribution in [0.5, 0.6) is 0 Å². The third-order valence-electron chi connectivity index (χ3n) is 2.47. The Labute approximate surface area is 114 Å². The van der Waals surface area contributed by atoms with E-state index in [0.717, 1.165) is 19.5 Å². The summed E-state index contributed by atoms with van der Waals surface area (Å²) in [5.74, 6) is 0. The Kier molecular flexibility index (Phi) is 12.0. The van der Waals surface area contributed by atoms with Gasteiger partial charge in [0, 0.05) is 33.7 Å². The van der Waals surface area contributed by atoms with E-state index < -0.39 is 10.2 Å². The zero-order valence-corrected chi connectivity index (χ0v) is 13.9. The minimum Gasteiger partial charge on any atom is -0.305 e. The highest BCUT2D eigenvalue weighted by Crippen LogP contribution is 2.08. The smallest absolute Gasteiger partial charge is 0.281 e. The van der Waals surface area contributed by atoms with Gasteiger partial charge in [0.15, 0.2) is 0 Å². The Morgan fingerprint density at radius 2 is 1.39 bits per heavy atom. The van der Waals surface area contributed by atoms with Crippen molar-refractivity contribution in [3.8, 4) is 0 Å². The van der Waals surface area contributed by atoms with Crippen LogP contribution in [0.4, 0.5) is 0 Å². The molecule has 0 aromatic carbocycles. The average Bonchev–Trinajstić information content (AvgIpc) is 2.59. The third-order valence-corrected chi connectivity index (χ3v) is 4.41. The lowest BCUT2D eigenvalue weighted by Gasteiger charge is -2.23. The molecule has 1 fully saturated rings. The predicted molar refractivity (Wildman–Crippen MR) is 79.0 cm³/mol. The lowest BCUT2D eigenvalue weighted by atomic mass is 10.4. The van der Waals surface area contributed by atoms with E-state index in [2.05, 4.69) is 4.90 Å². The van der Waals surface area contributed by atoms with E-state index in [1.807, 2.05) is 34.7 Å². The summed E-state index contributed by atoms with van der Waals surface area (Å²) in [4.78, 5) is 2.16. The van der Waals surface area contributed by atoms with Gasteiger partial charge in [0.05, 0.1) is 0 Å². The van der Waals surface area contributed by atoms with E-state index in [0.29, 0.717) is 13.1 Å². The van der Waals surface area contributed by atoms with Crippen LogP contribution in [0, 0.1) is 0 Å². The third kappa shape index (κ3) is 6.68. The molecule has 0 bridgehead atoms. The second-order valence-electron chi connectivity index (χ2n) is 3.85. The molecule has 0 aromatic heterocycles. The van der Waals surface area contributed by atoms with Crippen LogP contribution in [0.25, 0.3) is 0 Å². The van der Waals surface area contributed by atoms with Gasteiger partial charge in [-0.25, -0.2) is 0 Å². The van der Waals surface area contributed by atoms with Crippen molar-refractivity contribution in [3.05, 3.63) is 0 Å². The van der Waals surface area contributed by atoms with Crippen LogP contribution >= 0.6 is 0 Å². The van der Waals surface area contributed by atoms with Crippen molar-refractivity contribution in [2.75, 3.05) is 47.3 Å². The van der Waals surface area contributed by atoms with Crippen LogP contribution in [-0.2, 0) is 10.2 Å². The fourth-order valence-electron chi connectivity index (χ4n) is 1.48. The summed E-state index contributed by atoms with van der Waals surface area (Å²) in [6.07, 6.45) is 0.906. The van der Waals surface area contributed by atoms with Crippen molar-refractivity contribution in [1.82, 2.24) is 13.5 Å². The Balaban J connectivity index is 0. The van der Waals surface area contributed by atoms with Gasteiger partial charge >= 0.3 is 0 Å². The molecule has 6 heteroatoms. The van der Waals surface area contributed by atoms with Gasteiger partial charge in [-0.1, -0.05) is 27.7 Å². The molecule has 1 aliphatic rings. The quantitative estimate of drug-likeness (QED) is 0.770. The second kappa shape index (κ2) is 10.7. The zero-order valence-electron chi connectivity index (χ0n) is 13.1. The van der Waals surface area contributed by atoms with Gasteiger partial charge in [0.25, 0.3) is 10.2 Å². The Hall–Kier alpha value is -0.170. The average molecular weight is 281 g/mol. The van der Waals surface area contributed by atoms with Gasteiger partial charge in [0.1, 0.15) is 0 Å². The molecule has 0 unspecified atom stereocenters. The first-order chi connectivity index (χ1) is 8.44. The van der Waals surface area contributed by atoms with Crippen LogP contribution in [0.1, 0.15) is 34.1 Å². The molecule has 18 heavy (non-hydrogen) atoms. The number of hydrogen-bond acceptors (Lipinski definition) is 3. The number of likely N-dealkylation sites (N-methyl/N-ethyl adjacent to an activating group) is 1. The molecule has 1 heterocycles. The molecule has 0 atom stereocenters. The lowest BCUT2D eigenvalue weighted by Crippen LogP contribution is -2.41. The van der Waals surface area contributed by atoms with Crippen molar-refractivity contribution in [1.29, 1.82) is 0 Å². The summed E-state index contributed by atoms with van der Waals surface area (Å²) in [6.45, 7) is 11.0. The first-order valence-electron chi connectivity index (χ1n) is 6.81. The van der Waals surface area contributed by atoms with Crippen LogP contribution in [0.3, 0.4) is 0 Å². The molecular formula is C12H31N3O2S. The van der Waals surface area contributed by atoms with Gasteiger partial charge in [-0.2, -0.15) is 17.0 Å². The summed E-state index contributed by atoms with van der Waals surface area (Å²) < 4.78 is 26.4. The zero-order chi connectivity index (χ0) is 14.8. The fraction of sp³-hybridized carbons (Fsp3) is 1.00. The minimum atomic E-state index is -3.21. The molecule has 0 spiro atoms. The largest absolute Gasteiger partial charge is 0.305 e. The van der Waals surface area contributed by atoms with E-state index in [9.17, 15) is 8.42 Å². The summed E-state index contributed by atoms with van der Waals surface area (Å²) in [5.41, 5.74) is 0. The van der Waals surface area contributed by atoms with E-state index in [-0.39, 0.29) is 0 Å². The molecule has 0 radical (unpaired) electrons. The van der Waals surface area contributed by atoms with E-state index >= 15 is 0 Å². The molecule has 0 aromatic rings. The van der Waals surface area contributed by atoms with E-state index in [1.165, 1.54) is 4.31 Å². The molecule has 1 rings (SSSR count). The second-order valence-corrected chi connectivity index (χ2v) is 5.99. The first-order valence-corrected chi connectivity index (χ1v) is 8.20. The molecular weight excluding hydrogens is 250 g/mol. The summed E-state index contributed by atoms with van der Waals surface area (Å²) in [7, 11) is 1.96. The van der Waals surface area contributed by atoms with Gasteiger partial charge in [0.2, 0.25) is 0 Å². The van der Waals surface area contributed by atoms with Crippen molar-refractivity contribution < 1.29 is 8.42 Å². The molecule has 5 nitrogen and oxygen atoms in total. The molecule has 0 N–H and O–H groups in total. The summed E-state index contributed by atoms with van der Waals surface area (Å²) in [6, 6.07) is 0. The highest BCUT2D eigenvalue weighted by molar-refractivity contribution is 7.86. The number of hydrogen-bond donors (Lipinski definition) is 0. The SMILES string of the molecule is CC.CC.CN1CCCN(S(=O)(=O)N(C)C)CC1. The molecule has 112 valence electrons. The predicted octanol–water partition coefficient (Wildman–Crippen LogP) is 1.48. The topological polar surface area (TPSA) is 43.9 Å². The highest BCUT2D eigenvalue weighted by atomic mass is 32.2. The van der Waals surface area contributed by atoms with Gasteiger partial charge in [-0.05, 0) is 20.0 Å². The van der Waals surface area contributed by atoms with Crippen LogP contribution < -0.4 is 0 Å². The maximum absolute atomic E-state index is 11.8. The highest BCUT2D eigenvalue weighted by Gasteiger charge is 2.25. The van der Waals surface area contributed by atoms with Crippen LogP contribution in [-0.4, -0.2) is 69.3 Å². The van der Waals surface area contributed by atoms with Crippen molar-refractivity contribution in [2.45, 2.75) is 34.1 Å². The standard InChI is InChI=1S/C8H19N3O2S.2C2H6/c1-9(2)14(12,13)11-6-4-5-10(3)7-8-11;2*1-2/h4-8H2,1-3H3;2*1-2H3. The molecule has 0 saturated carbocycles. The van der Waals surface area contributed by atoms with Crippen LogP contribution in [0.2, 0.25) is 0 Å². The summed E-state index contributed by atoms with van der Waals surface area (Å²) >= 11 is 0. The monoisotopic (exact) mass is 281 g/mol. The van der Waals surface area contributed by atoms with E-state index in [1.54, 1.807) is 18.4 Å². The van der Waals surface area contributed by atoms with E-state index in [4.69, 9.17) is 0 Å². The fourth-order valence-corrected chi connectivity index (χ4v) is 2.62. The molecule has 0 amide bonds. The summed E-state index contributed by atoms with van der Waals surface area (Å²) in [5, 5.41) is 0. The lowest BCUT2D eigenvalue weighted by molar-refractivity contribution is 0.341. The maximum atomic E-state index is 11.8. The Bertz CT molecular complexity index is 279. The normalized spacial score (nSPS) is 18.2. The van der Waals surface area contributed by atoms with Gasteiger partial charge in [-0.3, -0.25) is 0 Å². The molecule has 1 aliphatic heterocycles. The number of nitrogens with zero attached hydrogens (tertiary/aromatic N) is 3. The Morgan fingerprint density at radius 1 is 0.889 bits per heavy atom. The van der Waals surface area contributed by atoms with Crippen molar-refractivity contribution >= 4 is 10.2 Å². The first kappa shape index (κ1) is 20.2. The van der Waals surface area contributed by atoms with Crippen molar-refractivity contribution in [2.24, 2.45) is 0 Å². The van der Waals surface area contributed by atoms with Gasteiger partial charge < -0.3 is 4.90 Å². The van der Waals surface area contributed by atoms with Crippen LogP contribution in [0.15, 0.2) is 0 Å². The molecule has 1 saturated heterocycles. The van der Waals surface area contributed by atoms with Gasteiger partial charge in [-0.15, -0.1) is 0 Å². The minimum absolute atomic E-state index is 0.594. The van der Waals surface area contributed by atoms with Crippen molar-refractivity contribution in [3.63, 3.8) is 0 Å². The maximum Gasteiger partial charge on any atom is 0.281 e.